The molecule has 0 radical (unpaired) electrons. The Labute approximate surface area is 114 Å². The molecular formula is C17H19NO. The van der Waals surface area contributed by atoms with E-state index in [-0.39, 0.29) is 0 Å². The van der Waals surface area contributed by atoms with Crippen molar-refractivity contribution >= 4 is 0 Å². The van der Waals surface area contributed by atoms with E-state index in [1.807, 2.05) is 36.4 Å². The maximum Gasteiger partial charge on any atom is 0.132 e. The normalized spacial score (nSPS) is 19.5. The maximum atomic E-state index is 6.04. The number of ether oxygens (including phenoxy) is 1. The zero-order valence-corrected chi connectivity index (χ0v) is 11.3. The molecular weight excluding hydrogens is 234 g/mol. The first-order chi connectivity index (χ1) is 9.34. The van der Waals surface area contributed by atoms with Gasteiger partial charge >= 0.3 is 0 Å². The summed E-state index contributed by atoms with van der Waals surface area (Å²) in [5.41, 5.74) is 1.30. The van der Waals surface area contributed by atoms with Crippen molar-refractivity contribution in [2.75, 3.05) is 13.6 Å². The molecule has 0 saturated carbocycles. The van der Waals surface area contributed by atoms with Crippen molar-refractivity contribution in [1.82, 2.24) is 4.90 Å². The Morgan fingerprint density at radius 3 is 2.47 bits per heavy atom. The molecule has 2 aromatic carbocycles. The van der Waals surface area contributed by atoms with Gasteiger partial charge in [0.15, 0.2) is 0 Å². The van der Waals surface area contributed by atoms with Gasteiger partial charge in [-0.1, -0.05) is 36.4 Å². The van der Waals surface area contributed by atoms with Crippen LogP contribution in [0.5, 0.6) is 11.5 Å². The van der Waals surface area contributed by atoms with Crippen molar-refractivity contribution in [3.05, 3.63) is 60.2 Å². The second kappa shape index (κ2) is 5.45. The third kappa shape index (κ3) is 2.64. The highest BCUT2D eigenvalue weighted by Gasteiger charge is 2.25. The van der Waals surface area contributed by atoms with E-state index in [1.165, 1.54) is 24.9 Å². The SMILES string of the molecule is CN1CCCC1c1ccccc1Oc1ccccc1. The van der Waals surface area contributed by atoms with Gasteiger partial charge in [-0.3, -0.25) is 4.90 Å². The van der Waals surface area contributed by atoms with Crippen molar-refractivity contribution in [3.8, 4) is 11.5 Å². The van der Waals surface area contributed by atoms with Crippen molar-refractivity contribution in [3.63, 3.8) is 0 Å². The minimum atomic E-state index is 0.486. The molecule has 2 aromatic rings. The lowest BCUT2D eigenvalue weighted by atomic mass is 10.0. The van der Waals surface area contributed by atoms with Crippen LogP contribution in [-0.2, 0) is 0 Å². The number of hydrogen-bond acceptors (Lipinski definition) is 2. The molecule has 0 N–H and O–H groups in total. The third-order valence-corrected chi connectivity index (χ3v) is 3.77. The number of nitrogens with zero attached hydrogens (tertiary/aromatic N) is 1. The quantitative estimate of drug-likeness (QED) is 0.811. The smallest absolute Gasteiger partial charge is 0.132 e. The largest absolute Gasteiger partial charge is 0.457 e. The number of benzene rings is 2. The fourth-order valence-corrected chi connectivity index (χ4v) is 2.77. The summed E-state index contributed by atoms with van der Waals surface area (Å²) < 4.78 is 6.04. The molecule has 1 heterocycles. The summed E-state index contributed by atoms with van der Waals surface area (Å²) in [5, 5.41) is 0. The lowest BCUT2D eigenvalue weighted by molar-refractivity contribution is 0.310. The zero-order valence-electron chi connectivity index (χ0n) is 11.3. The first-order valence-corrected chi connectivity index (χ1v) is 6.86. The number of rotatable bonds is 3. The predicted octanol–water partition coefficient (Wildman–Crippen LogP) is 4.25. The molecule has 2 nitrogen and oxygen atoms in total. The zero-order chi connectivity index (χ0) is 13.1. The number of likely N-dealkylation sites (tertiary alicyclic amines) is 1. The van der Waals surface area contributed by atoms with Crippen LogP contribution in [0.25, 0.3) is 0 Å². The van der Waals surface area contributed by atoms with E-state index in [0.717, 1.165) is 11.5 Å². The van der Waals surface area contributed by atoms with Crippen LogP contribution in [0.3, 0.4) is 0 Å². The molecule has 0 aliphatic carbocycles. The van der Waals surface area contributed by atoms with Gasteiger partial charge in [-0.15, -0.1) is 0 Å². The minimum Gasteiger partial charge on any atom is -0.457 e. The average Bonchev–Trinajstić information content (AvgIpc) is 2.87. The van der Waals surface area contributed by atoms with E-state index >= 15 is 0 Å². The van der Waals surface area contributed by atoms with Gasteiger partial charge in [-0.25, -0.2) is 0 Å². The summed E-state index contributed by atoms with van der Waals surface area (Å²) >= 11 is 0. The Morgan fingerprint density at radius 2 is 1.74 bits per heavy atom. The highest BCUT2D eigenvalue weighted by Crippen LogP contribution is 2.37. The van der Waals surface area contributed by atoms with E-state index in [9.17, 15) is 0 Å². The van der Waals surface area contributed by atoms with Crippen LogP contribution in [0.15, 0.2) is 54.6 Å². The summed E-state index contributed by atoms with van der Waals surface area (Å²) in [6, 6.07) is 18.9. The van der Waals surface area contributed by atoms with Crippen LogP contribution < -0.4 is 4.74 Å². The molecule has 2 heteroatoms. The Hall–Kier alpha value is -1.80. The van der Waals surface area contributed by atoms with Crippen LogP contribution in [0.2, 0.25) is 0 Å². The Balaban J connectivity index is 1.89. The predicted molar refractivity (Wildman–Crippen MR) is 77.6 cm³/mol. The topological polar surface area (TPSA) is 12.5 Å². The van der Waals surface area contributed by atoms with Crippen molar-refractivity contribution in [1.29, 1.82) is 0 Å². The Kier molecular flexibility index (Phi) is 3.51. The summed E-state index contributed by atoms with van der Waals surface area (Å²) in [5.74, 6) is 1.88. The second-order valence-electron chi connectivity index (χ2n) is 5.09. The molecule has 98 valence electrons. The lowest BCUT2D eigenvalue weighted by Gasteiger charge is -2.22. The summed E-state index contributed by atoms with van der Waals surface area (Å²) in [4.78, 5) is 2.41. The van der Waals surface area contributed by atoms with Gasteiger partial charge in [0.1, 0.15) is 11.5 Å². The summed E-state index contributed by atoms with van der Waals surface area (Å²) in [7, 11) is 2.19. The van der Waals surface area contributed by atoms with E-state index in [4.69, 9.17) is 4.74 Å². The van der Waals surface area contributed by atoms with Gasteiger partial charge in [-0.2, -0.15) is 0 Å². The Morgan fingerprint density at radius 1 is 1.00 bits per heavy atom. The molecule has 1 aliphatic rings. The van der Waals surface area contributed by atoms with Crippen LogP contribution in [0.4, 0.5) is 0 Å². The minimum absolute atomic E-state index is 0.486. The number of para-hydroxylation sites is 2. The molecule has 0 amide bonds. The molecule has 0 aromatic heterocycles. The van der Waals surface area contributed by atoms with Crippen molar-refractivity contribution in [2.24, 2.45) is 0 Å². The molecule has 0 bridgehead atoms. The maximum absolute atomic E-state index is 6.04. The molecule has 1 aliphatic heterocycles. The molecule has 3 rings (SSSR count). The summed E-state index contributed by atoms with van der Waals surface area (Å²) in [6.07, 6.45) is 2.48. The van der Waals surface area contributed by atoms with E-state index in [0.29, 0.717) is 6.04 Å². The van der Waals surface area contributed by atoms with Gasteiger partial charge in [0, 0.05) is 11.6 Å². The van der Waals surface area contributed by atoms with Crippen LogP contribution in [-0.4, -0.2) is 18.5 Å². The monoisotopic (exact) mass is 253 g/mol. The van der Waals surface area contributed by atoms with Crippen molar-refractivity contribution in [2.45, 2.75) is 18.9 Å². The van der Waals surface area contributed by atoms with E-state index in [1.54, 1.807) is 0 Å². The molecule has 0 spiro atoms. The highest BCUT2D eigenvalue weighted by atomic mass is 16.5. The third-order valence-electron chi connectivity index (χ3n) is 3.77. The molecule has 19 heavy (non-hydrogen) atoms. The van der Waals surface area contributed by atoms with Crippen LogP contribution >= 0.6 is 0 Å². The van der Waals surface area contributed by atoms with Gasteiger partial charge in [0.25, 0.3) is 0 Å². The van der Waals surface area contributed by atoms with Gasteiger partial charge in [-0.05, 0) is 44.6 Å². The van der Waals surface area contributed by atoms with Crippen LogP contribution in [0, 0.1) is 0 Å². The van der Waals surface area contributed by atoms with Gasteiger partial charge in [0.2, 0.25) is 0 Å². The van der Waals surface area contributed by atoms with E-state index < -0.39 is 0 Å². The average molecular weight is 253 g/mol. The first kappa shape index (κ1) is 12.2. The second-order valence-corrected chi connectivity index (χ2v) is 5.09. The highest BCUT2D eigenvalue weighted by molar-refractivity contribution is 5.40. The number of hydrogen-bond donors (Lipinski definition) is 0. The lowest BCUT2D eigenvalue weighted by Crippen LogP contribution is -2.17. The van der Waals surface area contributed by atoms with E-state index in [2.05, 4.69) is 30.1 Å². The summed E-state index contributed by atoms with van der Waals surface area (Å²) in [6.45, 7) is 1.17. The first-order valence-electron chi connectivity index (χ1n) is 6.86. The van der Waals surface area contributed by atoms with Crippen LogP contribution in [0.1, 0.15) is 24.4 Å². The molecule has 1 atom stereocenters. The van der Waals surface area contributed by atoms with Gasteiger partial charge < -0.3 is 4.74 Å². The fraction of sp³-hybridized carbons (Fsp3) is 0.294. The fourth-order valence-electron chi connectivity index (χ4n) is 2.77. The van der Waals surface area contributed by atoms with Gasteiger partial charge in [0.05, 0.1) is 0 Å². The molecule has 1 fully saturated rings. The Bertz CT molecular complexity index is 538. The molecule has 1 saturated heterocycles. The standard InChI is InChI=1S/C17H19NO/c1-18-13-7-11-16(18)15-10-5-6-12-17(15)19-14-8-3-2-4-9-14/h2-6,8-10,12,16H,7,11,13H2,1H3. The molecule has 1 unspecified atom stereocenters. The van der Waals surface area contributed by atoms with Crippen molar-refractivity contribution < 1.29 is 4.74 Å².